The number of hydrogen-bond acceptors (Lipinski definition) is 7. The number of amides is 3. The van der Waals surface area contributed by atoms with Crippen LogP contribution in [-0.4, -0.2) is 59.5 Å². The highest BCUT2D eigenvalue weighted by Gasteiger charge is 2.36. The molecular formula is C32H39N7O4. The van der Waals surface area contributed by atoms with Gasteiger partial charge in [-0.05, 0) is 73.4 Å². The number of nitrogens with one attached hydrogen (secondary N) is 5. The molecule has 1 aliphatic heterocycles. The minimum atomic E-state index is -0.850. The quantitative estimate of drug-likeness (QED) is 0.218. The van der Waals surface area contributed by atoms with Crippen LogP contribution in [0.5, 0.6) is 5.75 Å². The van der Waals surface area contributed by atoms with E-state index in [0.717, 1.165) is 29.3 Å². The number of carbonyl (C=O) groups is 3. The number of fused-ring (bicyclic) bond motifs is 2. The number of methoxy groups -OCH3 is 1. The number of rotatable bonds is 12. The third-order valence-corrected chi connectivity index (χ3v) is 8.39. The summed E-state index contributed by atoms with van der Waals surface area (Å²) in [5, 5.41) is 23.3. The summed E-state index contributed by atoms with van der Waals surface area (Å²) in [5.74, 6) is -0.470. The van der Waals surface area contributed by atoms with Crippen molar-refractivity contribution in [3.05, 3.63) is 59.5 Å². The van der Waals surface area contributed by atoms with E-state index >= 15 is 0 Å². The third kappa shape index (κ3) is 6.81. The fourth-order valence-electron chi connectivity index (χ4n) is 6.17. The summed E-state index contributed by atoms with van der Waals surface area (Å²) in [6.07, 6.45) is 6.60. The molecule has 11 heteroatoms. The van der Waals surface area contributed by atoms with Crippen LogP contribution in [0.3, 0.4) is 0 Å². The number of aromatic amines is 1. The number of ether oxygens (including phenoxy) is 1. The second kappa shape index (κ2) is 13.3. The largest absolute Gasteiger partial charge is 0.496 e. The monoisotopic (exact) mass is 585 g/mol. The van der Waals surface area contributed by atoms with Crippen molar-refractivity contribution in [3.63, 3.8) is 0 Å². The molecule has 5 unspecified atom stereocenters. The lowest BCUT2D eigenvalue weighted by Gasteiger charge is -2.30. The summed E-state index contributed by atoms with van der Waals surface area (Å²) in [5.41, 5.74) is 3.29. The Morgan fingerprint density at radius 1 is 1.21 bits per heavy atom. The molecule has 5 rings (SSSR count). The summed E-state index contributed by atoms with van der Waals surface area (Å²) in [4.78, 5) is 47.1. The average Bonchev–Trinajstić information content (AvgIpc) is 3.73. The summed E-state index contributed by atoms with van der Waals surface area (Å²) < 4.78 is 5.42. The standard InChI is InChI=1S/C32H39N7O4/c1-18(2)13-26(39-32(42)27-15-21-23(36-27)5-4-6-29(21)43-3)31(41)38-25(14-20-10-12-35-30(20)40)28(16-33)37-24-8-7-19-9-11-34-17-22(19)24/h4-6,9,11,15,17-18,20,24-26,28,36-37H,7-8,10,12-14H2,1-3H3,(H,35,40)(H,38,41)(H,39,42). The van der Waals surface area contributed by atoms with Crippen molar-refractivity contribution in [3.8, 4) is 11.8 Å². The molecule has 3 aromatic rings. The number of nitriles is 1. The fraction of sp³-hybridized carbons (Fsp3) is 0.469. The minimum absolute atomic E-state index is 0.0763. The van der Waals surface area contributed by atoms with Gasteiger partial charge in [0.2, 0.25) is 11.8 Å². The van der Waals surface area contributed by atoms with Crippen LogP contribution in [0, 0.1) is 23.2 Å². The fourth-order valence-corrected chi connectivity index (χ4v) is 6.17. The number of benzene rings is 1. The predicted molar refractivity (Wildman–Crippen MR) is 161 cm³/mol. The molecule has 3 amide bonds. The molecule has 1 fully saturated rings. The normalized spacial score (nSPS) is 19.7. The van der Waals surface area contributed by atoms with E-state index in [9.17, 15) is 19.6 Å². The minimum Gasteiger partial charge on any atom is -0.496 e. The molecule has 0 spiro atoms. The Hall–Kier alpha value is -4.43. The lowest BCUT2D eigenvalue weighted by molar-refractivity contribution is -0.126. The molecule has 2 aromatic heterocycles. The lowest BCUT2D eigenvalue weighted by atomic mass is 9.92. The van der Waals surface area contributed by atoms with Crippen LogP contribution in [0.25, 0.3) is 10.9 Å². The van der Waals surface area contributed by atoms with Crippen molar-refractivity contribution in [1.29, 1.82) is 5.26 Å². The molecule has 2 aliphatic rings. The number of carbonyl (C=O) groups excluding carboxylic acids is 3. The van der Waals surface area contributed by atoms with Gasteiger partial charge < -0.3 is 25.7 Å². The molecule has 0 saturated carbocycles. The smallest absolute Gasteiger partial charge is 0.268 e. The van der Waals surface area contributed by atoms with Crippen LogP contribution < -0.4 is 26.0 Å². The Kier molecular flexibility index (Phi) is 9.26. The molecule has 43 heavy (non-hydrogen) atoms. The van der Waals surface area contributed by atoms with Gasteiger partial charge in [0.15, 0.2) is 0 Å². The van der Waals surface area contributed by atoms with Crippen molar-refractivity contribution in [1.82, 2.24) is 31.2 Å². The van der Waals surface area contributed by atoms with Crippen molar-refractivity contribution < 1.29 is 19.1 Å². The Balaban J connectivity index is 1.35. The van der Waals surface area contributed by atoms with Crippen molar-refractivity contribution in [2.24, 2.45) is 11.8 Å². The molecule has 5 atom stereocenters. The van der Waals surface area contributed by atoms with Gasteiger partial charge in [0.05, 0.1) is 19.2 Å². The molecule has 5 N–H and O–H groups in total. The van der Waals surface area contributed by atoms with Gasteiger partial charge in [-0.1, -0.05) is 19.9 Å². The lowest BCUT2D eigenvalue weighted by Crippen LogP contribution is -2.56. The van der Waals surface area contributed by atoms with Crippen LogP contribution in [0.4, 0.5) is 0 Å². The summed E-state index contributed by atoms with van der Waals surface area (Å²) in [6.45, 7) is 4.52. The number of aryl methyl sites for hydroxylation is 1. The molecule has 3 heterocycles. The van der Waals surface area contributed by atoms with Gasteiger partial charge in [-0.2, -0.15) is 5.26 Å². The molecule has 11 nitrogen and oxygen atoms in total. The second-order valence-electron chi connectivity index (χ2n) is 11.8. The van der Waals surface area contributed by atoms with Gasteiger partial charge in [-0.3, -0.25) is 24.7 Å². The topological polar surface area (TPSA) is 161 Å². The second-order valence-corrected chi connectivity index (χ2v) is 11.8. The first-order valence-corrected chi connectivity index (χ1v) is 14.9. The van der Waals surface area contributed by atoms with Crippen LogP contribution in [-0.2, 0) is 16.0 Å². The van der Waals surface area contributed by atoms with E-state index in [1.165, 1.54) is 5.56 Å². The highest BCUT2D eigenvalue weighted by molar-refractivity contribution is 6.01. The van der Waals surface area contributed by atoms with Gasteiger partial charge in [-0.15, -0.1) is 0 Å². The van der Waals surface area contributed by atoms with E-state index < -0.39 is 29.9 Å². The first-order chi connectivity index (χ1) is 20.8. The maximum absolute atomic E-state index is 13.8. The molecular weight excluding hydrogens is 546 g/mol. The van der Waals surface area contributed by atoms with Crippen molar-refractivity contribution >= 4 is 28.6 Å². The van der Waals surface area contributed by atoms with Crippen LogP contribution in [0.1, 0.15) is 67.2 Å². The summed E-state index contributed by atoms with van der Waals surface area (Å²) in [7, 11) is 1.57. The van der Waals surface area contributed by atoms with E-state index in [1.807, 2.05) is 44.3 Å². The van der Waals surface area contributed by atoms with Crippen molar-refractivity contribution in [2.45, 2.75) is 70.1 Å². The Bertz CT molecular complexity index is 1530. The highest BCUT2D eigenvalue weighted by Crippen LogP contribution is 2.31. The van der Waals surface area contributed by atoms with Gasteiger partial charge in [0.1, 0.15) is 23.5 Å². The maximum atomic E-state index is 13.8. The number of H-pyrrole nitrogens is 1. The Morgan fingerprint density at radius 2 is 2.05 bits per heavy atom. The molecule has 1 aromatic carbocycles. The zero-order valence-electron chi connectivity index (χ0n) is 24.8. The first kappa shape index (κ1) is 30.0. The Labute approximate surface area is 251 Å². The van der Waals surface area contributed by atoms with Crippen LogP contribution >= 0.6 is 0 Å². The number of aromatic nitrogens is 2. The molecule has 0 bridgehead atoms. The molecule has 226 valence electrons. The van der Waals surface area contributed by atoms with Crippen molar-refractivity contribution in [2.75, 3.05) is 13.7 Å². The number of pyridine rings is 1. The predicted octanol–water partition coefficient (Wildman–Crippen LogP) is 2.90. The van der Waals surface area contributed by atoms with E-state index in [2.05, 4.69) is 37.3 Å². The summed E-state index contributed by atoms with van der Waals surface area (Å²) >= 11 is 0. The maximum Gasteiger partial charge on any atom is 0.268 e. The molecule has 0 radical (unpaired) electrons. The van der Waals surface area contributed by atoms with E-state index in [1.54, 1.807) is 19.4 Å². The zero-order chi connectivity index (χ0) is 30.5. The molecule has 1 aliphatic carbocycles. The zero-order valence-corrected chi connectivity index (χ0v) is 24.8. The van der Waals surface area contributed by atoms with Gasteiger partial charge >= 0.3 is 0 Å². The number of hydrogen-bond donors (Lipinski definition) is 5. The Morgan fingerprint density at radius 3 is 2.77 bits per heavy atom. The average molecular weight is 586 g/mol. The SMILES string of the molecule is COc1cccc2[nH]c(C(=O)NC(CC(C)C)C(=O)NC(CC3CCNC3=O)C(C#N)NC3CCc4ccncc43)cc12. The first-order valence-electron chi connectivity index (χ1n) is 14.9. The van der Waals surface area contributed by atoms with Crippen LogP contribution in [0.15, 0.2) is 42.7 Å². The third-order valence-electron chi connectivity index (χ3n) is 8.39. The van der Waals surface area contributed by atoms with E-state index in [4.69, 9.17) is 4.74 Å². The highest BCUT2D eigenvalue weighted by atomic mass is 16.5. The summed E-state index contributed by atoms with van der Waals surface area (Å²) in [6, 6.07) is 9.19. The van der Waals surface area contributed by atoms with E-state index in [-0.39, 0.29) is 23.8 Å². The van der Waals surface area contributed by atoms with Gasteiger partial charge in [0, 0.05) is 41.8 Å². The number of nitrogens with zero attached hydrogens (tertiary/aromatic N) is 2. The van der Waals surface area contributed by atoms with Gasteiger partial charge in [0.25, 0.3) is 5.91 Å². The van der Waals surface area contributed by atoms with Crippen LogP contribution in [0.2, 0.25) is 0 Å². The molecule has 1 saturated heterocycles. The van der Waals surface area contributed by atoms with E-state index in [0.29, 0.717) is 37.3 Å². The van der Waals surface area contributed by atoms with Gasteiger partial charge in [-0.25, -0.2) is 0 Å².